The van der Waals surface area contributed by atoms with E-state index in [2.05, 4.69) is 5.32 Å². The summed E-state index contributed by atoms with van der Waals surface area (Å²) in [4.78, 5) is 27.2. The minimum atomic E-state index is -0.324. The van der Waals surface area contributed by atoms with E-state index in [-0.39, 0.29) is 17.5 Å². The van der Waals surface area contributed by atoms with Crippen molar-refractivity contribution < 1.29 is 18.7 Å². The number of nitrogens with zero attached hydrogens (tertiary/aromatic N) is 1. The first-order chi connectivity index (χ1) is 18.1. The zero-order valence-corrected chi connectivity index (χ0v) is 20.7. The van der Waals surface area contributed by atoms with E-state index in [0.717, 1.165) is 15.8 Å². The number of nitrogens with one attached hydrogen (secondary N) is 1. The van der Waals surface area contributed by atoms with E-state index in [1.165, 1.54) is 0 Å². The molecule has 0 aliphatic carbocycles. The number of rotatable bonds is 7. The molecule has 6 nitrogen and oxygen atoms in total. The van der Waals surface area contributed by atoms with Crippen molar-refractivity contribution >= 4 is 49.9 Å². The van der Waals surface area contributed by atoms with Gasteiger partial charge in [0.25, 0.3) is 5.91 Å². The second-order valence-electron chi connectivity index (χ2n) is 8.59. The van der Waals surface area contributed by atoms with E-state index in [1.54, 1.807) is 48.8 Å². The highest BCUT2D eigenvalue weighted by molar-refractivity contribution is 7.17. The number of furan rings is 1. The van der Waals surface area contributed by atoms with Crippen molar-refractivity contribution in [3.8, 4) is 5.75 Å². The molecule has 7 heteroatoms. The number of carbonyl (C=O) groups is 2. The molecule has 0 bridgehead atoms. The topological polar surface area (TPSA) is 73.5 Å². The lowest BCUT2D eigenvalue weighted by Crippen LogP contribution is -2.18. The summed E-state index contributed by atoms with van der Waals surface area (Å²) in [5.74, 6) is 0.0981. The van der Waals surface area contributed by atoms with Gasteiger partial charge in [0.05, 0.1) is 23.0 Å². The molecule has 3 aromatic carbocycles. The number of methoxy groups -OCH3 is 1. The largest absolute Gasteiger partial charge is 0.497 e. The number of amides is 1. The summed E-state index contributed by atoms with van der Waals surface area (Å²) < 4.78 is 14.2. The van der Waals surface area contributed by atoms with Crippen molar-refractivity contribution in [3.05, 3.63) is 119 Å². The molecule has 0 saturated heterocycles. The van der Waals surface area contributed by atoms with Gasteiger partial charge in [0.1, 0.15) is 17.0 Å². The molecular weight excluding hydrogens is 484 g/mol. The van der Waals surface area contributed by atoms with Crippen LogP contribution in [0.1, 0.15) is 32.2 Å². The Labute approximate surface area is 216 Å². The van der Waals surface area contributed by atoms with Crippen LogP contribution in [-0.2, 0) is 6.54 Å². The summed E-state index contributed by atoms with van der Waals surface area (Å²) in [6.07, 6.45) is 0. The number of fused-ring (bicyclic) bond motifs is 2. The molecule has 1 amide bonds. The zero-order valence-electron chi connectivity index (χ0n) is 19.9. The molecule has 0 aliphatic rings. The molecule has 6 rings (SSSR count). The van der Waals surface area contributed by atoms with Crippen LogP contribution in [0.2, 0.25) is 0 Å². The van der Waals surface area contributed by atoms with Gasteiger partial charge in [-0.2, -0.15) is 0 Å². The average Bonchev–Trinajstić information content (AvgIpc) is 3.64. The van der Waals surface area contributed by atoms with E-state index >= 15 is 0 Å². The van der Waals surface area contributed by atoms with E-state index in [4.69, 9.17) is 9.15 Å². The monoisotopic (exact) mass is 506 g/mol. The van der Waals surface area contributed by atoms with Crippen LogP contribution >= 0.6 is 11.3 Å². The number of ketones is 1. The van der Waals surface area contributed by atoms with E-state index < -0.39 is 0 Å². The number of para-hydroxylation sites is 1. The Bertz CT molecular complexity index is 1740. The molecule has 0 fully saturated rings. The molecule has 6 aromatic rings. The predicted molar refractivity (Wildman–Crippen MR) is 146 cm³/mol. The highest BCUT2D eigenvalue weighted by Gasteiger charge is 2.25. The third-order valence-electron chi connectivity index (χ3n) is 6.33. The molecule has 0 aliphatic heterocycles. The molecule has 3 heterocycles. The predicted octanol–water partition coefficient (Wildman–Crippen LogP) is 6.99. The number of thiophene rings is 1. The van der Waals surface area contributed by atoms with Gasteiger partial charge in [-0.25, -0.2) is 0 Å². The van der Waals surface area contributed by atoms with E-state index in [0.29, 0.717) is 40.2 Å². The average molecular weight is 507 g/mol. The Morgan fingerprint density at radius 3 is 2.49 bits per heavy atom. The number of hydrogen-bond donors (Lipinski definition) is 1. The Morgan fingerprint density at radius 2 is 1.70 bits per heavy atom. The van der Waals surface area contributed by atoms with Crippen LogP contribution < -0.4 is 10.1 Å². The Kier molecular flexibility index (Phi) is 5.82. The van der Waals surface area contributed by atoms with Crippen molar-refractivity contribution in [3.63, 3.8) is 0 Å². The molecule has 182 valence electrons. The summed E-state index contributed by atoms with van der Waals surface area (Å²) in [7, 11) is 1.57. The second-order valence-corrected chi connectivity index (χ2v) is 9.53. The van der Waals surface area contributed by atoms with Gasteiger partial charge >= 0.3 is 0 Å². The number of hydrogen-bond acceptors (Lipinski definition) is 5. The van der Waals surface area contributed by atoms with E-state index in [1.807, 2.05) is 70.6 Å². The Hall–Kier alpha value is -4.62. The SMILES string of the molecule is COc1ccc(C(=O)c2oc3ccccc3c2NC(=O)c2cc3sccc3n2Cc2ccccc2)cc1. The molecule has 0 atom stereocenters. The third kappa shape index (κ3) is 4.19. The van der Waals surface area contributed by atoms with Crippen LogP contribution in [-0.4, -0.2) is 23.4 Å². The Morgan fingerprint density at radius 1 is 0.946 bits per heavy atom. The Balaban J connectivity index is 1.40. The standard InChI is InChI=1S/C30H22N2O4S/c1-35-21-13-11-20(12-14-21)28(33)29-27(22-9-5-6-10-25(22)36-29)31-30(34)24-17-26-23(15-16-37-26)32(24)18-19-7-3-2-4-8-19/h2-17H,18H2,1H3,(H,31,34). The molecule has 1 N–H and O–H groups in total. The van der Waals surface area contributed by atoms with Crippen LogP contribution in [0.5, 0.6) is 5.75 Å². The number of benzene rings is 3. The number of ether oxygens (including phenoxy) is 1. The normalized spacial score (nSPS) is 11.2. The first-order valence-electron chi connectivity index (χ1n) is 11.7. The maximum absolute atomic E-state index is 13.7. The van der Waals surface area contributed by atoms with E-state index in [9.17, 15) is 9.59 Å². The van der Waals surface area contributed by atoms with Crippen LogP contribution in [0.3, 0.4) is 0 Å². The van der Waals surface area contributed by atoms with Crippen LogP contribution in [0.15, 0.2) is 101 Å². The highest BCUT2D eigenvalue weighted by atomic mass is 32.1. The summed E-state index contributed by atoms with van der Waals surface area (Å²) in [5, 5.41) is 5.69. The maximum atomic E-state index is 13.7. The number of carbonyl (C=O) groups excluding carboxylic acids is 2. The van der Waals surface area contributed by atoms with Crippen molar-refractivity contribution in [2.24, 2.45) is 0 Å². The lowest BCUT2D eigenvalue weighted by Gasteiger charge is -2.11. The van der Waals surface area contributed by atoms with Gasteiger partial charge in [-0.1, -0.05) is 42.5 Å². The van der Waals surface area contributed by atoms with Gasteiger partial charge in [-0.05, 0) is 59.5 Å². The summed E-state index contributed by atoms with van der Waals surface area (Å²) >= 11 is 1.59. The summed E-state index contributed by atoms with van der Waals surface area (Å²) in [6, 6.07) is 28.0. The molecule has 3 aromatic heterocycles. The molecule has 37 heavy (non-hydrogen) atoms. The molecular formula is C30H22N2O4S. The smallest absolute Gasteiger partial charge is 0.272 e. The van der Waals surface area contributed by atoms with Gasteiger partial charge in [-0.15, -0.1) is 11.3 Å². The fourth-order valence-corrected chi connectivity index (χ4v) is 5.30. The van der Waals surface area contributed by atoms with Gasteiger partial charge in [-0.3, -0.25) is 9.59 Å². The van der Waals surface area contributed by atoms with Gasteiger partial charge < -0.3 is 19.0 Å². The highest BCUT2D eigenvalue weighted by Crippen LogP contribution is 2.34. The van der Waals surface area contributed by atoms with Crippen LogP contribution in [0.25, 0.3) is 21.2 Å². The maximum Gasteiger partial charge on any atom is 0.272 e. The van der Waals surface area contributed by atoms with Crippen molar-refractivity contribution in [2.45, 2.75) is 6.54 Å². The molecule has 0 saturated carbocycles. The lowest BCUT2D eigenvalue weighted by atomic mass is 10.1. The number of aromatic nitrogens is 1. The van der Waals surface area contributed by atoms with Crippen molar-refractivity contribution in [1.29, 1.82) is 0 Å². The fourth-order valence-electron chi connectivity index (χ4n) is 4.48. The minimum absolute atomic E-state index is 0.0858. The molecule has 0 radical (unpaired) electrons. The zero-order chi connectivity index (χ0) is 25.4. The minimum Gasteiger partial charge on any atom is -0.497 e. The van der Waals surface area contributed by atoms with Gasteiger partial charge in [0, 0.05) is 17.5 Å². The summed E-state index contributed by atoms with van der Waals surface area (Å²) in [5.41, 5.74) is 3.91. The first kappa shape index (κ1) is 22.8. The van der Waals surface area contributed by atoms with Crippen molar-refractivity contribution in [1.82, 2.24) is 4.57 Å². The summed E-state index contributed by atoms with van der Waals surface area (Å²) in [6.45, 7) is 0.549. The molecule has 0 spiro atoms. The van der Waals surface area contributed by atoms with Gasteiger partial charge in [0.2, 0.25) is 5.78 Å². The fraction of sp³-hybridized carbons (Fsp3) is 0.0667. The van der Waals surface area contributed by atoms with Gasteiger partial charge in [0.15, 0.2) is 5.76 Å². The lowest BCUT2D eigenvalue weighted by molar-refractivity contribution is 0.101. The molecule has 0 unspecified atom stereocenters. The van der Waals surface area contributed by atoms with Crippen LogP contribution in [0, 0.1) is 0 Å². The second kappa shape index (κ2) is 9.44. The first-order valence-corrected chi connectivity index (χ1v) is 12.6. The quantitative estimate of drug-likeness (QED) is 0.237. The third-order valence-corrected chi connectivity index (χ3v) is 7.18. The van der Waals surface area contributed by atoms with Crippen molar-refractivity contribution in [2.75, 3.05) is 12.4 Å². The number of anilines is 1. The van der Waals surface area contributed by atoms with Crippen LogP contribution in [0.4, 0.5) is 5.69 Å².